The topological polar surface area (TPSA) is 46.6 Å². The number of ether oxygens (including phenoxy) is 1. The molecule has 0 aliphatic heterocycles. The number of ketones is 1. The number of carbonyl (C=O) groups is 2. The van der Waals surface area contributed by atoms with E-state index in [0.29, 0.717) is 30.6 Å². The molecular weight excluding hydrogens is 290 g/mol. The molecule has 0 saturated carbocycles. The Morgan fingerprint density at radius 3 is 2.43 bits per heavy atom. The fourth-order valence-electron chi connectivity index (χ4n) is 2.63. The van der Waals surface area contributed by atoms with Gasteiger partial charge in [-0.05, 0) is 49.6 Å². The zero-order chi connectivity index (χ0) is 17.0. The third-order valence-electron chi connectivity index (χ3n) is 4.00. The average Bonchev–Trinajstić information content (AvgIpc) is 2.52. The van der Waals surface area contributed by atoms with Crippen LogP contribution in [0.3, 0.4) is 0 Å². The molecule has 1 aliphatic rings. The van der Waals surface area contributed by atoms with Crippen molar-refractivity contribution in [1.29, 1.82) is 0 Å². The Hall–Kier alpha value is -2.36. The summed E-state index contributed by atoms with van der Waals surface area (Å²) >= 11 is 0. The standard InChI is InChI=1S/C19H23NO3/c1-5-23-19(22)16-10-11-18(21)17(13(16)2)12-14-6-8-15(9-7-14)20(3)4/h6-9,12H,5,10-11H2,1-4H3/b17-12+. The van der Waals surface area contributed by atoms with Gasteiger partial charge in [-0.1, -0.05) is 12.1 Å². The van der Waals surface area contributed by atoms with Crippen LogP contribution in [0.25, 0.3) is 6.08 Å². The largest absolute Gasteiger partial charge is 0.463 e. The SMILES string of the molecule is CCOC(=O)C1=C(C)/C(=C\c2ccc(N(C)C)cc2)C(=O)CC1. The van der Waals surface area contributed by atoms with Crippen LogP contribution in [-0.2, 0) is 14.3 Å². The summed E-state index contributed by atoms with van der Waals surface area (Å²) in [6.07, 6.45) is 2.67. The maximum Gasteiger partial charge on any atom is 0.334 e. The van der Waals surface area contributed by atoms with Gasteiger partial charge in [-0.2, -0.15) is 0 Å². The van der Waals surface area contributed by atoms with E-state index in [4.69, 9.17) is 4.74 Å². The number of anilines is 1. The van der Waals surface area contributed by atoms with E-state index < -0.39 is 0 Å². The number of benzene rings is 1. The summed E-state index contributed by atoms with van der Waals surface area (Å²) in [5.41, 5.74) is 4.00. The number of hydrogen-bond acceptors (Lipinski definition) is 4. The van der Waals surface area contributed by atoms with E-state index in [9.17, 15) is 9.59 Å². The molecule has 0 N–H and O–H groups in total. The van der Waals surface area contributed by atoms with Crippen molar-refractivity contribution >= 4 is 23.5 Å². The van der Waals surface area contributed by atoms with Gasteiger partial charge in [-0.25, -0.2) is 4.79 Å². The summed E-state index contributed by atoms with van der Waals surface area (Å²) in [7, 11) is 3.97. The predicted octanol–water partition coefficient (Wildman–Crippen LogP) is 3.38. The first-order valence-corrected chi connectivity index (χ1v) is 7.83. The molecule has 1 aromatic carbocycles. The van der Waals surface area contributed by atoms with Crippen LogP contribution in [0.1, 0.15) is 32.3 Å². The van der Waals surface area contributed by atoms with Gasteiger partial charge in [-0.3, -0.25) is 4.79 Å². The van der Waals surface area contributed by atoms with Crippen molar-refractivity contribution < 1.29 is 14.3 Å². The van der Waals surface area contributed by atoms with Crippen molar-refractivity contribution in [1.82, 2.24) is 0 Å². The van der Waals surface area contributed by atoms with Crippen LogP contribution in [0, 0.1) is 0 Å². The molecule has 0 aromatic heterocycles. The number of rotatable bonds is 4. The van der Waals surface area contributed by atoms with Crippen LogP contribution < -0.4 is 4.90 Å². The maximum atomic E-state index is 12.2. The Morgan fingerprint density at radius 1 is 1.22 bits per heavy atom. The minimum Gasteiger partial charge on any atom is -0.463 e. The molecule has 0 bridgehead atoms. The van der Waals surface area contributed by atoms with Crippen LogP contribution in [0.5, 0.6) is 0 Å². The summed E-state index contributed by atoms with van der Waals surface area (Å²) in [6, 6.07) is 7.96. The lowest BCUT2D eigenvalue weighted by atomic mass is 9.86. The Labute approximate surface area is 137 Å². The highest BCUT2D eigenvalue weighted by molar-refractivity contribution is 6.08. The smallest absolute Gasteiger partial charge is 0.334 e. The fourth-order valence-corrected chi connectivity index (χ4v) is 2.63. The van der Waals surface area contributed by atoms with Crippen LogP contribution in [0.4, 0.5) is 5.69 Å². The summed E-state index contributed by atoms with van der Waals surface area (Å²) < 4.78 is 5.09. The van der Waals surface area contributed by atoms with Gasteiger partial charge in [0.15, 0.2) is 5.78 Å². The highest BCUT2D eigenvalue weighted by atomic mass is 16.5. The third kappa shape index (κ3) is 3.89. The quantitative estimate of drug-likeness (QED) is 0.631. The van der Waals surface area contributed by atoms with Gasteiger partial charge in [0.2, 0.25) is 0 Å². The molecule has 23 heavy (non-hydrogen) atoms. The number of Topliss-reactive ketones (excluding diaryl/α,β-unsaturated/α-hetero) is 1. The average molecular weight is 313 g/mol. The normalized spacial score (nSPS) is 16.7. The van der Waals surface area contributed by atoms with E-state index in [2.05, 4.69) is 0 Å². The first-order valence-electron chi connectivity index (χ1n) is 7.83. The zero-order valence-corrected chi connectivity index (χ0v) is 14.2. The van der Waals surface area contributed by atoms with Crippen LogP contribution >= 0.6 is 0 Å². The number of nitrogens with zero attached hydrogens (tertiary/aromatic N) is 1. The summed E-state index contributed by atoms with van der Waals surface area (Å²) in [6.45, 7) is 3.95. The molecule has 1 aromatic rings. The van der Waals surface area contributed by atoms with Gasteiger partial charge in [0.05, 0.1) is 6.61 Å². The number of hydrogen-bond donors (Lipinski definition) is 0. The molecule has 2 rings (SSSR count). The van der Waals surface area contributed by atoms with Crippen molar-refractivity contribution in [3.05, 3.63) is 46.5 Å². The molecule has 0 atom stereocenters. The fraction of sp³-hybridized carbons (Fsp3) is 0.368. The van der Waals surface area contributed by atoms with E-state index in [1.807, 2.05) is 56.3 Å². The predicted molar refractivity (Wildman–Crippen MR) is 92.3 cm³/mol. The second kappa shape index (κ2) is 7.27. The van der Waals surface area contributed by atoms with Gasteiger partial charge in [-0.15, -0.1) is 0 Å². The zero-order valence-electron chi connectivity index (χ0n) is 14.2. The van der Waals surface area contributed by atoms with Crippen LogP contribution in [0.15, 0.2) is 41.0 Å². The van der Waals surface area contributed by atoms with Gasteiger partial charge in [0.1, 0.15) is 0 Å². The lowest BCUT2D eigenvalue weighted by molar-refractivity contribution is -0.138. The molecule has 0 unspecified atom stereocenters. The lowest BCUT2D eigenvalue weighted by Crippen LogP contribution is -2.18. The molecular formula is C19H23NO3. The van der Waals surface area contributed by atoms with Gasteiger partial charge < -0.3 is 9.64 Å². The Morgan fingerprint density at radius 2 is 1.87 bits per heavy atom. The summed E-state index contributed by atoms with van der Waals surface area (Å²) in [5.74, 6) is -0.237. The molecule has 0 fully saturated rings. The molecule has 4 heteroatoms. The first kappa shape index (κ1) is 17.0. The van der Waals surface area contributed by atoms with E-state index in [1.165, 1.54) is 0 Å². The summed E-state index contributed by atoms with van der Waals surface area (Å²) in [4.78, 5) is 26.3. The van der Waals surface area contributed by atoms with E-state index in [-0.39, 0.29) is 11.8 Å². The molecule has 0 spiro atoms. The minimum absolute atomic E-state index is 0.0761. The highest BCUT2D eigenvalue weighted by Gasteiger charge is 2.25. The number of carbonyl (C=O) groups excluding carboxylic acids is 2. The van der Waals surface area contributed by atoms with Gasteiger partial charge >= 0.3 is 5.97 Å². The van der Waals surface area contributed by atoms with E-state index >= 15 is 0 Å². The first-order chi connectivity index (χ1) is 10.9. The lowest BCUT2D eigenvalue weighted by Gasteiger charge is -2.19. The van der Waals surface area contributed by atoms with Crippen molar-refractivity contribution in [2.24, 2.45) is 0 Å². The van der Waals surface area contributed by atoms with E-state index in [1.54, 1.807) is 6.92 Å². The monoisotopic (exact) mass is 313 g/mol. The second-order valence-electron chi connectivity index (χ2n) is 5.79. The summed E-state index contributed by atoms with van der Waals surface area (Å²) in [5, 5.41) is 0. The Kier molecular flexibility index (Phi) is 5.37. The molecule has 0 heterocycles. The molecule has 0 radical (unpaired) electrons. The molecule has 1 aliphatic carbocycles. The Balaban J connectivity index is 2.36. The van der Waals surface area contributed by atoms with Crippen LogP contribution in [-0.4, -0.2) is 32.5 Å². The second-order valence-corrected chi connectivity index (χ2v) is 5.79. The van der Waals surface area contributed by atoms with Gasteiger partial charge in [0.25, 0.3) is 0 Å². The number of allylic oxidation sites excluding steroid dienone is 2. The van der Waals surface area contributed by atoms with Crippen molar-refractivity contribution in [2.45, 2.75) is 26.7 Å². The maximum absolute atomic E-state index is 12.2. The Bertz CT molecular complexity index is 666. The minimum atomic E-state index is -0.314. The molecule has 4 nitrogen and oxygen atoms in total. The van der Waals surface area contributed by atoms with Crippen molar-refractivity contribution in [3.63, 3.8) is 0 Å². The number of esters is 1. The van der Waals surface area contributed by atoms with E-state index in [0.717, 1.165) is 16.8 Å². The third-order valence-corrected chi connectivity index (χ3v) is 4.00. The molecule has 122 valence electrons. The highest BCUT2D eigenvalue weighted by Crippen LogP contribution is 2.29. The van der Waals surface area contributed by atoms with Crippen molar-refractivity contribution in [3.8, 4) is 0 Å². The van der Waals surface area contributed by atoms with Gasteiger partial charge in [0, 0.05) is 37.3 Å². The van der Waals surface area contributed by atoms with Crippen LogP contribution in [0.2, 0.25) is 0 Å². The molecule has 0 amide bonds. The molecule has 0 saturated heterocycles. The van der Waals surface area contributed by atoms with Crippen molar-refractivity contribution in [2.75, 3.05) is 25.6 Å².